The number of rotatable bonds is 2. The van der Waals surface area contributed by atoms with Gasteiger partial charge in [-0.25, -0.2) is 0 Å². The zero-order chi connectivity index (χ0) is 9.80. The Morgan fingerprint density at radius 2 is 1.69 bits per heavy atom. The van der Waals surface area contributed by atoms with Crippen LogP contribution >= 0.6 is 24.8 Å². The van der Waals surface area contributed by atoms with Crippen molar-refractivity contribution in [3.05, 3.63) is 0 Å². The monoisotopic (exact) mass is 270 g/mol. The fourth-order valence-electron chi connectivity index (χ4n) is 2.85. The fraction of sp³-hybridized carbons (Fsp3) is 1.00. The first kappa shape index (κ1) is 16.5. The van der Waals surface area contributed by atoms with Crippen LogP contribution < -0.4 is 5.73 Å². The Morgan fingerprint density at radius 1 is 1.06 bits per heavy atom. The van der Waals surface area contributed by atoms with Crippen LogP contribution in [0.25, 0.3) is 0 Å². The summed E-state index contributed by atoms with van der Waals surface area (Å²) in [6, 6.07) is 0.748. The molecule has 98 valence electrons. The predicted octanol–water partition coefficient (Wildman–Crippen LogP) is 1.68. The van der Waals surface area contributed by atoms with Gasteiger partial charge in [0.1, 0.15) is 0 Å². The second-order valence-corrected chi connectivity index (χ2v) is 4.50. The van der Waals surface area contributed by atoms with E-state index in [9.17, 15) is 0 Å². The molecular formula is C11H24Cl2N2O. The van der Waals surface area contributed by atoms with Gasteiger partial charge in [-0.3, -0.25) is 4.90 Å². The van der Waals surface area contributed by atoms with Gasteiger partial charge in [0, 0.05) is 19.1 Å². The van der Waals surface area contributed by atoms with Gasteiger partial charge >= 0.3 is 0 Å². The Hall–Kier alpha value is 0.460. The molecule has 0 spiro atoms. The Morgan fingerprint density at radius 3 is 2.31 bits per heavy atom. The van der Waals surface area contributed by atoms with Crippen molar-refractivity contribution in [2.45, 2.75) is 31.7 Å². The third-order valence-electron chi connectivity index (χ3n) is 3.69. The van der Waals surface area contributed by atoms with Crippen molar-refractivity contribution >= 4 is 24.8 Å². The molecule has 0 aromatic heterocycles. The average molecular weight is 271 g/mol. The number of halogens is 2. The van der Waals surface area contributed by atoms with E-state index in [1.165, 1.54) is 25.7 Å². The molecule has 1 saturated heterocycles. The van der Waals surface area contributed by atoms with E-state index in [0.717, 1.165) is 44.8 Å². The first-order valence-electron chi connectivity index (χ1n) is 5.93. The minimum atomic E-state index is 0. The van der Waals surface area contributed by atoms with Crippen molar-refractivity contribution < 1.29 is 4.74 Å². The highest BCUT2D eigenvalue weighted by molar-refractivity contribution is 5.85. The number of morpholine rings is 1. The third-order valence-corrected chi connectivity index (χ3v) is 3.69. The zero-order valence-electron chi connectivity index (χ0n) is 9.77. The van der Waals surface area contributed by atoms with Gasteiger partial charge in [0.05, 0.1) is 13.2 Å². The van der Waals surface area contributed by atoms with Crippen molar-refractivity contribution in [3.63, 3.8) is 0 Å². The summed E-state index contributed by atoms with van der Waals surface area (Å²) in [5.74, 6) is 0.738. The quantitative estimate of drug-likeness (QED) is 0.830. The van der Waals surface area contributed by atoms with Crippen LogP contribution in [0.15, 0.2) is 0 Å². The summed E-state index contributed by atoms with van der Waals surface area (Å²) in [7, 11) is 0. The van der Waals surface area contributed by atoms with Crippen molar-refractivity contribution in [1.29, 1.82) is 0 Å². The minimum Gasteiger partial charge on any atom is -0.379 e. The topological polar surface area (TPSA) is 38.5 Å². The van der Waals surface area contributed by atoms with Gasteiger partial charge in [-0.05, 0) is 25.3 Å². The third kappa shape index (κ3) is 4.04. The Kier molecular flexibility index (Phi) is 8.78. The summed E-state index contributed by atoms with van der Waals surface area (Å²) < 4.78 is 5.39. The molecule has 0 amide bonds. The first-order chi connectivity index (χ1) is 6.92. The number of hydrogen-bond donors (Lipinski definition) is 1. The molecule has 2 N–H and O–H groups in total. The SMILES string of the molecule is Cl.Cl.NCC1CCCCC1N1CCOCC1. The highest BCUT2D eigenvalue weighted by Gasteiger charge is 2.29. The lowest BCUT2D eigenvalue weighted by Gasteiger charge is -2.41. The van der Waals surface area contributed by atoms with E-state index in [1.807, 2.05) is 0 Å². The highest BCUT2D eigenvalue weighted by Crippen LogP contribution is 2.28. The van der Waals surface area contributed by atoms with Crippen molar-refractivity contribution in [2.24, 2.45) is 11.7 Å². The molecular weight excluding hydrogens is 247 g/mol. The Bertz CT molecular complexity index is 177. The molecule has 2 aliphatic rings. The van der Waals surface area contributed by atoms with E-state index in [2.05, 4.69) is 4.90 Å². The van der Waals surface area contributed by atoms with E-state index >= 15 is 0 Å². The first-order valence-corrected chi connectivity index (χ1v) is 5.93. The smallest absolute Gasteiger partial charge is 0.0594 e. The molecule has 3 nitrogen and oxygen atoms in total. The summed E-state index contributed by atoms with van der Waals surface area (Å²) in [5, 5.41) is 0. The van der Waals surface area contributed by atoms with Gasteiger partial charge in [-0.2, -0.15) is 0 Å². The van der Waals surface area contributed by atoms with E-state index in [4.69, 9.17) is 10.5 Å². The number of nitrogens with two attached hydrogens (primary N) is 1. The standard InChI is InChI=1S/C11H22N2O.2ClH/c12-9-10-3-1-2-4-11(10)13-5-7-14-8-6-13;;/h10-11H,1-9,12H2;2*1H. The van der Waals surface area contributed by atoms with Crippen LogP contribution in [-0.2, 0) is 4.74 Å². The average Bonchev–Trinajstić information content (AvgIpc) is 2.30. The van der Waals surface area contributed by atoms with Gasteiger partial charge in [-0.1, -0.05) is 12.8 Å². The molecule has 16 heavy (non-hydrogen) atoms. The van der Waals surface area contributed by atoms with E-state index in [-0.39, 0.29) is 24.8 Å². The van der Waals surface area contributed by atoms with Crippen molar-refractivity contribution in [1.82, 2.24) is 4.90 Å². The normalized spacial score (nSPS) is 31.3. The summed E-state index contributed by atoms with van der Waals surface area (Å²) >= 11 is 0. The van der Waals surface area contributed by atoms with Gasteiger partial charge in [0.25, 0.3) is 0 Å². The van der Waals surface area contributed by atoms with E-state index in [0.29, 0.717) is 0 Å². The summed E-state index contributed by atoms with van der Waals surface area (Å²) in [6.45, 7) is 4.91. The van der Waals surface area contributed by atoms with E-state index < -0.39 is 0 Å². The number of hydrogen-bond acceptors (Lipinski definition) is 3. The molecule has 1 saturated carbocycles. The number of nitrogens with zero attached hydrogens (tertiary/aromatic N) is 1. The molecule has 2 atom stereocenters. The zero-order valence-corrected chi connectivity index (χ0v) is 11.4. The molecule has 2 rings (SSSR count). The maximum absolute atomic E-state index is 5.84. The molecule has 1 aliphatic heterocycles. The van der Waals surface area contributed by atoms with Gasteiger partial charge in [-0.15, -0.1) is 24.8 Å². The van der Waals surface area contributed by atoms with Crippen LogP contribution in [0, 0.1) is 5.92 Å². The van der Waals surface area contributed by atoms with Crippen LogP contribution in [0.1, 0.15) is 25.7 Å². The summed E-state index contributed by atoms with van der Waals surface area (Å²) in [4.78, 5) is 2.60. The lowest BCUT2D eigenvalue weighted by Crippen LogP contribution is -2.49. The minimum absolute atomic E-state index is 0. The Labute approximate surface area is 111 Å². The number of ether oxygens (including phenoxy) is 1. The molecule has 1 aliphatic carbocycles. The molecule has 1 heterocycles. The molecule has 5 heteroatoms. The maximum Gasteiger partial charge on any atom is 0.0594 e. The van der Waals surface area contributed by atoms with Crippen LogP contribution in [0.4, 0.5) is 0 Å². The Balaban J connectivity index is 0.00000112. The van der Waals surface area contributed by atoms with Gasteiger partial charge < -0.3 is 10.5 Å². The maximum atomic E-state index is 5.84. The second-order valence-electron chi connectivity index (χ2n) is 4.50. The largest absolute Gasteiger partial charge is 0.379 e. The van der Waals surface area contributed by atoms with Crippen molar-refractivity contribution in [3.8, 4) is 0 Å². The van der Waals surface area contributed by atoms with E-state index in [1.54, 1.807) is 0 Å². The molecule has 2 unspecified atom stereocenters. The highest BCUT2D eigenvalue weighted by atomic mass is 35.5. The van der Waals surface area contributed by atoms with Gasteiger partial charge in [0.2, 0.25) is 0 Å². The fourth-order valence-corrected chi connectivity index (χ4v) is 2.85. The molecule has 0 aromatic rings. The summed E-state index contributed by atoms with van der Waals surface area (Å²) in [5.41, 5.74) is 5.84. The predicted molar refractivity (Wildman–Crippen MR) is 71.7 cm³/mol. The van der Waals surface area contributed by atoms with Crippen LogP contribution in [0.2, 0.25) is 0 Å². The molecule has 0 radical (unpaired) electrons. The molecule has 0 bridgehead atoms. The molecule has 2 fully saturated rings. The van der Waals surface area contributed by atoms with Crippen LogP contribution in [0.5, 0.6) is 0 Å². The molecule has 0 aromatic carbocycles. The van der Waals surface area contributed by atoms with Crippen molar-refractivity contribution in [2.75, 3.05) is 32.8 Å². The van der Waals surface area contributed by atoms with Crippen LogP contribution in [-0.4, -0.2) is 43.8 Å². The van der Waals surface area contributed by atoms with Gasteiger partial charge in [0.15, 0.2) is 0 Å². The second kappa shape index (κ2) is 8.54. The van der Waals surface area contributed by atoms with Crippen LogP contribution in [0.3, 0.4) is 0 Å². The summed E-state index contributed by atoms with van der Waals surface area (Å²) in [6.07, 6.45) is 5.45. The lowest BCUT2D eigenvalue weighted by atomic mass is 9.83. The lowest BCUT2D eigenvalue weighted by molar-refractivity contribution is -0.00597.